The molecule has 0 aliphatic rings. The predicted molar refractivity (Wildman–Crippen MR) is 72.7 cm³/mol. The highest BCUT2D eigenvalue weighted by Gasteiger charge is 2.18. The van der Waals surface area contributed by atoms with Gasteiger partial charge in [0.2, 0.25) is 5.75 Å². The smallest absolute Gasteiger partial charge is 0.274 e. The molecule has 0 saturated carbocycles. The van der Waals surface area contributed by atoms with Gasteiger partial charge in [-0.2, -0.15) is 4.98 Å². The Kier molecular flexibility index (Phi) is 4.05. The summed E-state index contributed by atoms with van der Waals surface area (Å²) < 4.78 is 0. The third-order valence-corrected chi connectivity index (χ3v) is 2.81. The molecule has 2 aromatic rings. The standard InChI is InChI=1S/C13H12ClN3O3/c1-7-16-10(11(18)13(20)17-7)12(19)15-6-8-2-4-9(14)5-3-8/h2-5,18H,6H2,1H3,(H,15,19)(H,16,17,20). The molecule has 1 aromatic heterocycles. The highest BCUT2D eigenvalue weighted by Crippen LogP contribution is 2.24. The largest absolute Gasteiger partial charge is 0.501 e. The van der Waals surface area contributed by atoms with Crippen LogP contribution in [-0.4, -0.2) is 26.1 Å². The van der Waals surface area contributed by atoms with Crippen LogP contribution in [0.25, 0.3) is 0 Å². The van der Waals surface area contributed by atoms with Gasteiger partial charge in [0.1, 0.15) is 5.82 Å². The van der Waals surface area contributed by atoms with Crippen LogP contribution in [0.2, 0.25) is 5.02 Å². The summed E-state index contributed by atoms with van der Waals surface area (Å²) in [7, 11) is 0. The molecule has 2 rings (SSSR count). The average molecular weight is 294 g/mol. The zero-order chi connectivity index (χ0) is 14.7. The number of halogens is 1. The van der Waals surface area contributed by atoms with Gasteiger partial charge in [0, 0.05) is 11.6 Å². The predicted octanol–water partition coefficient (Wildman–Crippen LogP) is 1.78. The van der Waals surface area contributed by atoms with Crippen LogP contribution >= 0.6 is 11.6 Å². The van der Waals surface area contributed by atoms with E-state index in [1.165, 1.54) is 6.92 Å². The number of nitrogens with zero attached hydrogens (tertiary/aromatic N) is 2. The van der Waals surface area contributed by atoms with E-state index < -0.39 is 17.5 Å². The molecule has 104 valence electrons. The van der Waals surface area contributed by atoms with Crippen LogP contribution in [0.15, 0.2) is 24.3 Å². The average Bonchev–Trinajstić information content (AvgIpc) is 2.42. The first kappa shape index (κ1) is 14.1. The lowest BCUT2D eigenvalue weighted by atomic mass is 10.2. The minimum Gasteiger partial charge on any atom is -0.501 e. The van der Waals surface area contributed by atoms with Gasteiger partial charge in [-0.25, -0.2) is 4.98 Å². The summed E-state index contributed by atoms with van der Waals surface area (Å²) in [5.41, 5.74) is 0.584. The number of hydrogen-bond donors (Lipinski definition) is 3. The van der Waals surface area contributed by atoms with Crippen LogP contribution in [0.3, 0.4) is 0 Å². The molecule has 20 heavy (non-hydrogen) atoms. The first-order chi connectivity index (χ1) is 9.47. The molecule has 0 saturated heterocycles. The van der Waals surface area contributed by atoms with Crippen LogP contribution in [0.4, 0.5) is 0 Å². The highest BCUT2D eigenvalue weighted by atomic mass is 35.5. The molecule has 0 radical (unpaired) electrons. The number of rotatable bonds is 3. The van der Waals surface area contributed by atoms with Crippen molar-refractivity contribution in [3.05, 3.63) is 46.4 Å². The number of aromatic hydroxyl groups is 2. The van der Waals surface area contributed by atoms with Crippen LogP contribution in [-0.2, 0) is 6.54 Å². The molecule has 0 unspecified atom stereocenters. The van der Waals surface area contributed by atoms with Crippen molar-refractivity contribution in [1.29, 1.82) is 0 Å². The number of carbonyl (C=O) groups is 1. The Hall–Kier alpha value is -2.34. The molecule has 0 aliphatic heterocycles. The van der Waals surface area contributed by atoms with E-state index in [-0.39, 0.29) is 18.1 Å². The van der Waals surface area contributed by atoms with Gasteiger partial charge < -0.3 is 15.5 Å². The van der Waals surface area contributed by atoms with E-state index in [0.717, 1.165) is 5.56 Å². The molecule has 0 aliphatic carbocycles. The van der Waals surface area contributed by atoms with E-state index in [1.54, 1.807) is 24.3 Å². The Labute approximate surface area is 120 Å². The lowest BCUT2D eigenvalue weighted by Crippen LogP contribution is -2.24. The number of amides is 1. The molecule has 1 amide bonds. The van der Waals surface area contributed by atoms with Crippen molar-refractivity contribution in [1.82, 2.24) is 15.3 Å². The second kappa shape index (κ2) is 5.75. The van der Waals surface area contributed by atoms with Gasteiger partial charge in [0.15, 0.2) is 5.69 Å². The van der Waals surface area contributed by atoms with E-state index in [4.69, 9.17) is 11.6 Å². The molecule has 1 aromatic carbocycles. The maximum atomic E-state index is 11.9. The van der Waals surface area contributed by atoms with E-state index in [1.807, 2.05) is 0 Å². The fourth-order valence-corrected chi connectivity index (χ4v) is 1.70. The zero-order valence-electron chi connectivity index (χ0n) is 10.6. The van der Waals surface area contributed by atoms with Gasteiger partial charge in [0.25, 0.3) is 11.8 Å². The molecule has 3 N–H and O–H groups in total. The summed E-state index contributed by atoms with van der Waals surface area (Å²) in [5, 5.41) is 22.1. The molecule has 6 nitrogen and oxygen atoms in total. The van der Waals surface area contributed by atoms with Crippen molar-refractivity contribution < 1.29 is 15.0 Å². The SMILES string of the molecule is Cc1nc(O)c(O)c(C(=O)NCc2ccc(Cl)cc2)n1. The maximum Gasteiger partial charge on any atom is 0.274 e. The lowest BCUT2D eigenvalue weighted by molar-refractivity contribution is 0.0941. The molecule has 0 atom stereocenters. The van der Waals surface area contributed by atoms with Crippen LogP contribution < -0.4 is 5.32 Å². The molecule has 7 heteroatoms. The van der Waals surface area contributed by atoms with Crippen molar-refractivity contribution in [3.63, 3.8) is 0 Å². The molecule has 0 bridgehead atoms. The summed E-state index contributed by atoms with van der Waals surface area (Å²) >= 11 is 5.76. The first-order valence-electron chi connectivity index (χ1n) is 5.76. The van der Waals surface area contributed by atoms with Gasteiger partial charge in [-0.05, 0) is 24.6 Å². The number of aryl methyl sites for hydroxylation is 1. The Morgan fingerprint density at radius 3 is 2.55 bits per heavy atom. The molecular weight excluding hydrogens is 282 g/mol. The Balaban J connectivity index is 2.11. The van der Waals surface area contributed by atoms with Crippen molar-refractivity contribution in [2.24, 2.45) is 0 Å². The van der Waals surface area contributed by atoms with Gasteiger partial charge >= 0.3 is 0 Å². The topological polar surface area (TPSA) is 95.3 Å². The second-order valence-corrected chi connectivity index (χ2v) is 4.54. The minimum absolute atomic E-state index is 0.192. The lowest BCUT2D eigenvalue weighted by Gasteiger charge is -2.07. The van der Waals surface area contributed by atoms with Crippen molar-refractivity contribution >= 4 is 17.5 Å². The van der Waals surface area contributed by atoms with Gasteiger partial charge in [-0.1, -0.05) is 23.7 Å². The Morgan fingerprint density at radius 2 is 1.90 bits per heavy atom. The summed E-state index contributed by atoms with van der Waals surface area (Å²) in [6, 6.07) is 6.96. The number of hydrogen-bond acceptors (Lipinski definition) is 5. The van der Waals surface area contributed by atoms with Gasteiger partial charge in [-0.15, -0.1) is 0 Å². The minimum atomic E-state index is -0.635. The molecule has 0 fully saturated rings. The van der Waals surface area contributed by atoms with E-state index in [9.17, 15) is 15.0 Å². The van der Waals surface area contributed by atoms with Crippen molar-refractivity contribution in [2.75, 3.05) is 0 Å². The summed E-state index contributed by atoms with van der Waals surface area (Å²) in [4.78, 5) is 19.3. The van der Waals surface area contributed by atoms with Crippen LogP contribution in [0.5, 0.6) is 11.6 Å². The first-order valence-corrected chi connectivity index (χ1v) is 6.14. The summed E-state index contributed by atoms with van der Waals surface area (Å²) in [5.74, 6) is -1.66. The Morgan fingerprint density at radius 1 is 1.25 bits per heavy atom. The third kappa shape index (κ3) is 3.16. The second-order valence-electron chi connectivity index (χ2n) is 4.10. The third-order valence-electron chi connectivity index (χ3n) is 2.56. The number of benzene rings is 1. The quantitative estimate of drug-likeness (QED) is 0.802. The number of carbonyl (C=O) groups excluding carboxylic acids is 1. The fourth-order valence-electron chi connectivity index (χ4n) is 1.58. The van der Waals surface area contributed by atoms with Crippen molar-refractivity contribution in [3.8, 4) is 11.6 Å². The number of nitrogens with one attached hydrogen (secondary N) is 1. The highest BCUT2D eigenvalue weighted by molar-refractivity contribution is 6.30. The summed E-state index contributed by atoms with van der Waals surface area (Å²) in [6.07, 6.45) is 0. The molecule has 1 heterocycles. The molecular formula is C13H12ClN3O3. The monoisotopic (exact) mass is 293 g/mol. The normalized spacial score (nSPS) is 10.3. The van der Waals surface area contributed by atoms with E-state index in [0.29, 0.717) is 5.02 Å². The summed E-state index contributed by atoms with van der Waals surface area (Å²) in [6.45, 7) is 1.76. The molecule has 0 spiro atoms. The van der Waals surface area contributed by atoms with Crippen LogP contribution in [0, 0.1) is 6.92 Å². The Bertz CT molecular complexity index is 644. The van der Waals surface area contributed by atoms with E-state index in [2.05, 4.69) is 15.3 Å². The van der Waals surface area contributed by atoms with Gasteiger partial charge in [0.05, 0.1) is 0 Å². The van der Waals surface area contributed by atoms with Gasteiger partial charge in [-0.3, -0.25) is 4.79 Å². The number of aromatic nitrogens is 2. The van der Waals surface area contributed by atoms with Crippen LogP contribution in [0.1, 0.15) is 21.9 Å². The van der Waals surface area contributed by atoms with Crippen molar-refractivity contribution in [2.45, 2.75) is 13.5 Å². The maximum absolute atomic E-state index is 11.9. The zero-order valence-corrected chi connectivity index (χ0v) is 11.3. The fraction of sp³-hybridized carbons (Fsp3) is 0.154. The van der Waals surface area contributed by atoms with E-state index >= 15 is 0 Å².